The number of halogens is 3. The van der Waals surface area contributed by atoms with E-state index < -0.39 is 17.6 Å². The minimum atomic E-state index is -2.68. The molecule has 5 rings (SSSR count). The van der Waals surface area contributed by atoms with Crippen LogP contribution in [0.1, 0.15) is 50.9 Å². The molecular formula is C30H40ClF2N7O2. The van der Waals surface area contributed by atoms with Gasteiger partial charge in [0, 0.05) is 61.5 Å². The number of likely N-dealkylation sites (tertiary alicyclic amines) is 1. The number of nitrogens with one attached hydrogen (secondary N) is 1. The first-order valence-corrected chi connectivity index (χ1v) is 14.8. The lowest BCUT2D eigenvalue weighted by Gasteiger charge is -2.49. The molecule has 0 unspecified atom stereocenters. The number of aryl methyl sites for hydroxylation is 1. The second-order valence-electron chi connectivity index (χ2n) is 12.5. The van der Waals surface area contributed by atoms with Crippen molar-refractivity contribution in [2.24, 2.45) is 0 Å². The average molecular weight is 604 g/mol. The van der Waals surface area contributed by atoms with Crippen molar-refractivity contribution in [2.75, 3.05) is 44.2 Å². The Morgan fingerprint density at radius 1 is 1.26 bits per heavy atom. The summed E-state index contributed by atoms with van der Waals surface area (Å²) in [4.78, 5) is 17.6. The van der Waals surface area contributed by atoms with Gasteiger partial charge in [-0.25, -0.2) is 8.78 Å². The van der Waals surface area contributed by atoms with Gasteiger partial charge in [0.1, 0.15) is 5.54 Å². The van der Waals surface area contributed by atoms with E-state index in [1.165, 1.54) is 6.08 Å². The van der Waals surface area contributed by atoms with Crippen molar-refractivity contribution in [3.05, 3.63) is 41.2 Å². The minimum absolute atomic E-state index is 0.0240. The van der Waals surface area contributed by atoms with Crippen molar-refractivity contribution < 1.29 is 18.7 Å². The highest BCUT2D eigenvalue weighted by Crippen LogP contribution is 2.46. The lowest BCUT2D eigenvalue weighted by molar-refractivity contribution is -0.127. The highest BCUT2D eigenvalue weighted by molar-refractivity contribution is 6.36. The van der Waals surface area contributed by atoms with E-state index in [-0.39, 0.29) is 25.0 Å². The Morgan fingerprint density at radius 2 is 1.95 bits per heavy atom. The number of carbonyl (C=O) groups is 1. The number of alkyl halides is 2. The number of rotatable bonds is 7. The van der Waals surface area contributed by atoms with Crippen LogP contribution in [0.4, 0.5) is 14.6 Å². The van der Waals surface area contributed by atoms with Crippen LogP contribution in [-0.2, 0) is 4.79 Å². The number of piperazine rings is 1. The van der Waals surface area contributed by atoms with Gasteiger partial charge in [-0.2, -0.15) is 10.2 Å². The van der Waals surface area contributed by atoms with Crippen molar-refractivity contribution in [3.8, 4) is 11.1 Å². The second kappa shape index (κ2) is 11.2. The van der Waals surface area contributed by atoms with E-state index in [2.05, 4.69) is 16.8 Å². The molecule has 1 aromatic carbocycles. The molecule has 0 bridgehead atoms. The quantitative estimate of drug-likeness (QED) is 0.371. The van der Waals surface area contributed by atoms with Gasteiger partial charge < -0.3 is 14.9 Å². The van der Waals surface area contributed by atoms with Gasteiger partial charge in [-0.15, -0.1) is 0 Å². The van der Waals surface area contributed by atoms with Gasteiger partial charge in [0.25, 0.3) is 6.43 Å². The largest absolute Gasteiger partial charge is 0.389 e. The summed E-state index contributed by atoms with van der Waals surface area (Å²) < 4.78 is 32.1. The summed E-state index contributed by atoms with van der Waals surface area (Å²) in [6.45, 7) is 14.7. The fourth-order valence-corrected chi connectivity index (χ4v) is 6.83. The third-order valence-electron chi connectivity index (χ3n) is 8.68. The summed E-state index contributed by atoms with van der Waals surface area (Å²) in [5.74, 6) is 0.357. The SMILES string of the molecule is C=CC(=O)N1CCC(n2nc(N3CCN(CC(C)(C)O)C[C@@]3(C)C(F)F)c(-c3c(Cl)c(C)cc4[nH]ncc34)c2C)CC1. The molecule has 2 aliphatic rings. The van der Waals surface area contributed by atoms with Crippen LogP contribution in [0.2, 0.25) is 5.02 Å². The van der Waals surface area contributed by atoms with Crippen LogP contribution in [-0.4, -0.2) is 97.6 Å². The van der Waals surface area contributed by atoms with Gasteiger partial charge in [-0.3, -0.25) is 19.5 Å². The zero-order valence-corrected chi connectivity index (χ0v) is 25.7. The molecule has 3 aromatic rings. The van der Waals surface area contributed by atoms with E-state index in [4.69, 9.17) is 16.7 Å². The zero-order chi connectivity index (χ0) is 30.6. The number of aromatic amines is 1. The highest BCUT2D eigenvalue weighted by Gasteiger charge is 2.48. The number of hydrogen-bond donors (Lipinski definition) is 2. The molecule has 0 aliphatic carbocycles. The van der Waals surface area contributed by atoms with Crippen LogP contribution in [0.25, 0.3) is 22.0 Å². The number of fused-ring (bicyclic) bond motifs is 1. The summed E-state index contributed by atoms with van der Waals surface area (Å²) in [6, 6.07) is 1.91. The number of anilines is 1. The third-order valence-corrected chi connectivity index (χ3v) is 9.17. The van der Waals surface area contributed by atoms with Gasteiger partial charge in [0.2, 0.25) is 5.91 Å². The maximum atomic E-state index is 15.1. The molecule has 9 nitrogen and oxygen atoms in total. The topological polar surface area (TPSA) is 93.5 Å². The molecule has 2 N–H and O–H groups in total. The number of H-pyrrole nitrogens is 1. The van der Waals surface area contributed by atoms with Crippen molar-refractivity contribution in [2.45, 2.75) is 71.1 Å². The molecule has 4 heterocycles. The molecule has 0 spiro atoms. The first-order chi connectivity index (χ1) is 19.7. The average Bonchev–Trinajstić information content (AvgIpc) is 3.52. The summed E-state index contributed by atoms with van der Waals surface area (Å²) in [5, 5.41) is 24.1. The molecule has 228 valence electrons. The van der Waals surface area contributed by atoms with Crippen LogP contribution >= 0.6 is 11.6 Å². The zero-order valence-electron chi connectivity index (χ0n) is 24.9. The number of amides is 1. The lowest BCUT2D eigenvalue weighted by atomic mass is 9.92. The summed E-state index contributed by atoms with van der Waals surface area (Å²) >= 11 is 7.01. The molecule has 12 heteroatoms. The van der Waals surface area contributed by atoms with E-state index in [9.17, 15) is 9.90 Å². The molecule has 1 amide bonds. The van der Waals surface area contributed by atoms with Gasteiger partial charge >= 0.3 is 0 Å². The van der Waals surface area contributed by atoms with E-state index in [0.29, 0.717) is 61.0 Å². The van der Waals surface area contributed by atoms with Gasteiger partial charge in [0.05, 0.1) is 28.4 Å². The van der Waals surface area contributed by atoms with Crippen LogP contribution in [0, 0.1) is 13.8 Å². The van der Waals surface area contributed by atoms with E-state index >= 15 is 8.78 Å². The normalized spacial score (nSPS) is 21.1. The fourth-order valence-electron chi connectivity index (χ4n) is 6.58. The molecule has 2 fully saturated rings. The van der Waals surface area contributed by atoms with Gasteiger partial charge in [0.15, 0.2) is 5.82 Å². The number of hydrogen-bond acceptors (Lipinski definition) is 6. The van der Waals surface area contributed by atoms with Crippen molar-refractivity contribution in [1.82, 2.24) is 29.8 Å². The molecular weight excluding hydrogens is 564 g/mol. The molecule has 2 aliphatic heterocycles. The van der Waals surface area contributed by atoms with Crippen LogP contribution in [0.5, 0.6) is 0 Å². The number of carbonyl (C=O) groups excluding carboxylic acids is 1. The van der Waals surface area contributed by atoms with Crippen molar-refractivity contribution >= 4 is 34.2 Å². The molecule has 2 saturated heterocycles. The summed E-state index contributed by atoms with van der Waals surface area (Å²) in [5.41, 5.74) is 1.30. The maximum Gasteiger partial charge on any atom is 0.262 e. The lowest BCUT2D eigenvalue weighted by Crippen LogP contribution is -2.66. The standard InChI is InChI=1S/C30H40ClF2N7O2/c1-7-23(41)38-10-8-20(9-11-38)40-19(3)24(25-21-15-34-35-22(21)14-18(2)26(25)31)27(36-40)39-13-12-37(16-29(4,5)42)17-30(39,6)28(32)33/h7,14-15,20,28,42H,1,8-13,16-17H2,2-6H3,(H,34,35)/t30-/m0/s1. The Kier molecular flexibility index (Phi) is 8.15. The number of aliphatic hydroxyl groups is 1. The fraction of sp³-hybridized carbons (Fsp3) is 0.567. The van der Waals surface area contributed by atoms with E-state index in [1.54, 1.807) is 36.8 Å². The van der Waals surface area contributed by atoms with Crippen LogP contribution < -0.4 is 4.90 Å². The molecule has 0 radical (unpaired) electrons. The predicted octanol–water partition coefficient (Wildman–Crippen LogP) is 4.96. The number of benzene rings is 1. The Hall–Kier alpha value is -3.02. The Morgan fingerprint density at radius 3 is 2.57 bits per heavy atom. The summed E-state index contributed by atoms with van der Waals surface area (Å²) in [7, 11) is 0. The number of nitrogens with zero attached hydrogens (tertiary/aromatic N) is 6. The first kappa shape index (κ1) is 30.4. The monoisotopic (exact) mass is 603 g/mol. The third kappa shape index (κ3) is 5.42. The van der Waals surface area contributed by atoms with E-state index in [0.717, 1.165) is 22.2 Å². The first-order valence-electron chi connectivity index (χ1n) is 14.4. The van der Waals surface area contributed by atoms with E-state index in [1.807, 2.05) is 29.5 Å². The predicted molar refractivity (Wildman–Crippen MR) is 161 cm³/mol. The smallest absolute Gasteiger partial charge is 0.262 e. The van der Waals surface area contributed by atoms with Crippen LogP contribution in [0.3, 0.4) is 0 Å². The number of piperidine rings is 1. The van der Waals surface area contributed by atoms with Gasteiger partial charge in [-0.05, 0) is 65.2 Å². The maximum absolute atomic E-state index is 15.1. The van der Waals surface area contributed by atoms with Crippen LogP contribution in [0.15, 0.2) is 24.9 Å². The molecule has 2 aromatic heterocycles. The minimum Gasteiger partial charge on any atom is -0.389 e. The number of β-amino-alcohol motifs (C(OH)–C–C–N with tert-alkyl or cyclic N) is 1. The van der Waals surface area contributed by atoms with Crippen molar-refractivity contribution in [1.29, 1.82) is 0 Å². The second-order valence-corrected chi connectivity index (χ2v) is 12.9. The Balaban J connectivity index is 1.65. The van der Waals surface area contributed by atoms with Crippen molar-refractivity contribution in [3.63, 3.8) is 0 Å². The summed E-state index contributed by atoms with van der Waals surface area (Å²) in [6.07, 6.45) is 1.71. The Bertz CT molecular complexity index is 1490. The molecule has 42 heavy (non-hydrogen) atoms. The highest BCUT2D eigenvalue weighted by atomic mass is 35.5. The molecule has 1 atom stereocenters. The number of aromatic nitrogens is 4. The molecule has 0 saturated carbocycles. The van der Waals surface area contributed by atoms with Gasteiger partial charge in [-0.1, -0.05) is 18.2 Å². The Labute approximate surface area is 250 Å².